The maximum absolute atomic E-state index is 10.8. The van der Waals surface area contributed by atoms with Gasteiger partial charge in [0, 0.05) is 5.92 Å². The Kier molecular flexibility index (Phi) is 2.33. The third-order valence-electron chi connectivity index (χ3n) is 2.44. The average molecular weight is 212 g/mol. The minimum Gasteiger partial charge on any atom is -0.270 e. The van der Waals surface area contributed by atoms with Crippen LogP contribution in [-0.4, -0.2) is 21.3 Å². The SMILES string of the molecule is CS(=O)(=O)OC[C@@H]1Cc2ccccc21. The molecule has 1 aromatic rings. The summed E-state index contributed by atoms with van der Waals surface area (Å²) in [5, 5.41) is 0. The predicted molar refractivity (Wildman–Crippen MR) is 53.7 cm³/mol. The summed E-state index contributed by atoms with van der Waals surface area (Å²) in [7, 11) is -3.30. The quantitative estimate of drug-likeness (QED) is 0.709. The molecular weight excluding hydrogens is 200 g/mol. The van der Waals surface area contributed by atoms with E-state index in [2.05, 4.69) is 6.07 Å². The smallest absolute Gasteiger partial charge is 0.264 e. The van der Waals surface area contributed by atoms with Crippen LogP contribution in [0.3, 0.4) is 0 Å². The molecule has 1 atom stereocenters. The number of hydrogen-bond donors (Lipinski definition) is 0. The van der Waals surface area contributed by atoms with Gasteiger partial charge in [-0.3, -0.25) is 4.18 Å². The lowest BCUT2D eigenvalue weighted by Gasteiger charge is -2.29. The molecule has 1 aliphatic carbocycles. The van der Waals surface area contributed by atoms with Gasteiger partial charge in [-0.1, -0.05) is 24.3 Å². The molecule has 0 aliphatic heterocycles. The summed E-state index contributed by atoms with van der Waals surface area (Å²) in [5.74, 6) is 0.251. The van der Waals surface area contributed by atoms with Gasteiger partial charge in [0.2, 0.25) is 0 Å². The van der Waals surface area contributed by atoms with Gasteiger partial charge >= 0.3 is 0 Å². The normalized spacial score (nSPS) is 19.9. The van der Waals surface area contributed by atoms with E-state index in [0.29, 0.717) is 0 Å². The van der Waals surface area contributed by atoms with E-state index in [1.165, 1.54) is 11.1 Å². The van der Waals surface area contributed by atoms with Crippen LogP contribution in [0.15, 0.2) is 24.3 Å². The Labute approximate surface area is 83.8 Å². The molecule has 0 spiro atoms. The summed E-state index contributed by atoms with van der Waals surface area (Å²) in [4.78, 5) is 0. The summed E-state index contributed by atoms with van der Waals surface area (Å²) in [6, 6.07) is 8.04. The molecule has 0 N–H and O–H groups in total. The molecule has 0 bridgehead atoms. The fraction of sp³-hybridized carbons (Fsp3) is 0.400. The second-order valence-electron chi connectivity index (χ2n) is 3.59. The van der Waals surface area contributed by atoms with E-state index in [1.807, 2.05) is 18.2 Å². The third kappa shape index (κ3) is 1.96. The highest BCUT2D eigenvalue weighted by molar-refractivity contribution is 7.85. The maximum atomic E-state index is 10.8. The van der Waals surface area contributed by atoms with Crippen molar-refractivity contribution in [3.63, 3.8) is 0 Å². The first-order valence-corrected chi connectivity index (χ1v) is 6.30. The van der Waals surface area contributed by atoms with Crippen molar-refractivity contribution in [1.82, 2.24) is 0 Å². The molecule has 0 fully saturated rings. The molecule has 4 heteroatoms. The van der Waals surface area contributed by atoms with Crippen LogP contribution in [0.5, 0.6) is 0 Å². The fourth-order valence-electron chi connectivity index (χ4n) is 1.72. The second kappa shape index (κ2) is 3.37. The Morgan fingerprint density at radius 2 is 2.14 bits per heavy atom. The van der Waals surface area contributed by atoms with Gasteiger partial charge in [-0.2, -0.15) is 8.42 Å². The van der Waals surface area contributed by atoms with Crippen molar-refractivity contribution in [3.8, 4) is 0 Å². The van der Waals surface area contributed by atoms with Gasteiger partial charge in [-0.15, -0.1) is 0 Å². The van der Waals surface area contributed by atoms with E-state index in [0.717, 1.165) is 12.7 Å². The Morgan fingerprint density at radius 1 is 1.43 bits per heavy atom. The van der Waals surface area contributed by atoms with E-state index < -0.39 is 10.1 Å². The Morgan fingerprint density at radius 3 is 2.79 bits per heavy atom. The molecule has 0 saturated heterocycles. The molecule has 0 aromatic heterocycles. The molecule has 0 unspecified atom stereocenters. The van der Waals surface area contributed by atoms with Gasteiger partial charge in [0.25, 0.3) is 10.1 Å². The lowest BCUT2D eigenvalue weighted by Crippen LogP contribution is -2.23. The molecule has 76 valence electrons. The lowest BCUT2D eigenvalue weighted by atomic mass is 9.78. The molecule has 1 aromatic carbocycles. The monoisotopic (exact) mass is 212 g/mol. The van der Waals surface area contributed by atoms with Gasteiger partial charge < -0.3 is 0 Å². The van der Waals surface area contributed by atoms with Crippen LogP contribution in [-0.2, 0) is 20.7 Å². The molecule has 14 heavy (non-hydrogen) atoms. The summed E-state index contributed by atoms with van der Waals surface area (Å²) in [6.07, 6.45) is 2.00. The van der Waals surface area contributed by atoms with Crippen LogP contribution in [0, 0.1) is 0 Å². The summed E-state index contributed by atoms with van der Waals surface area (Å²) in [5.41, 5.74) is 2.52. The molecule has 0 amide bonds. The van der Waals surface area contributed by atoms with E-state index in [-0.39, 0.29) is 12.5 Å². The van der Waals surface area contributed by atoms with Crippen molar-refractivity contribution in [3.05, 3.63) is 35.4 Å². The van der Waals surface area contributed by atoms with Crippen molar-refractivity contribution in [2.24, 2.45) is 0 Å². The lowest BCUT2D eigenvalue weighted by molar-refractivity contribution is 0.282. The highest BCUT2D eigenvalue weighted by Crippen LogP contribution is 2.34. The van der Waals surface area contributed by atoms with Crippen LogP contribution >= 0.6 is 0 Å². The van der Waals surface area contributed by atoms with Crippen molar-refractivity contribution in [2.75, 3.05) is 12.9 Å². The molecular formula is C10H12O3S. The van der Waals surface area contributed by atoms with Crippen molar-refractivity contribution < 1.29 is 12.6 Å². The molecule has 2 rings (SSSR count). The Balaban J connectivity index is 2.00. The van der Waals surface area contributed by atoms with Gasteiger partial charge in [0.15, 0.2) is 0 Å². The van der Waals surface area contributed by atoms with Gasteiger partial charge in [0.05, 0.1) is 12.9 Å². The second-order valence-corrected chi connectivity index (χ2v) is 5.23. The van der Waals surface area contributed by atoms with Crippen LogP contribution in [0.1, 0.15) is 17.0 Å². The Hall–Kier alpha value is -0.870. The molecule has 0 saturated carbocycles. The summed E-state index contributed by atoms with van der Waals surface area (Å²) in [6.45, 7) is 0.274. The van der Waals surface area contributed by atoms with Gasteiger partial charge in [-0.25, -0.2) is 0 Å². The molecule has 1 aliphatic rings. The molecule has 3 nitrogen and oxygen atoms in total. The highest BCUT2D eigenvalue weighted by Gasteiger charge is 2.26. The number of benzene rings is 1. The van der Waals surface area contributed by atoms with Crippen molar-refractivity contribution in [2.45, 2.75) is 12.3 Å². The van der Waals surface area contributed by atoms with Gasteiger partial charge in [0.1, 0.15) is 0 Å². The number of fused-ring (bicyclic) bond motifs is 1. The van der Waals surface area contributed by atoms with E-state index in [4.69, 9.17) is 4.18 Å². The van der Waals surface area contributed by atoms with Crippen molar-refractivity contribution in [1.29, 1.82) is 0 Å². The van der Waals surface area contributed by atoms with E-state index in [9.17, 15) is 8.42 Å². The molecule has 0 radical (unpaired) electrons. The van der Waals surface area contributed by atoms with Gasteiger partial charge in [-0.05, 0) is 17.5 Å². The summed E-state index contributed by atoms with van der Waals surface area (Å²) < 4.78 is 26.3. The number of rotatable bonds is 3. The van der Waals surface area contributed by atoms with Crippen LogP contribution < -0.4 is 0 Å². The van der Waals surface area contributed by atoms with E-state index >= 15 is 0 Å². The fourth-order valence-corrected chi connectivity index (χ4v) is 2.13. The first-order chi connectivity index (χ1) is 6.56. The minimum atomic E-state index is -3.30. The largest absolute Gasteiger partial charge is 0.270 e. The zero-order valence-electron chi connectivity index (χ0n) is 7.93. The zero-order valence-corrected chi connectivity index (χ0v) is 8.75. The molecule has 0 heterocycles. The maximum Gasteiger partial charge on any atom is 0.264 e. The van der Waals surface area contributed by atoms with Crippen molar-refractivity contribution >= 4 is 10.1 Å². The minimum absolute atomic E-state index is 0.251. The highest BCUT2D eigenvalue weighted by atomic mass is 32.2. The van der Waals surface area contributed by atoms with Crippen LogP contribution in [0.25, 0.3) is 0 Å². The predicted octanol–water partition coefficient (Wildman–Crippen LogP) is 1.30. The standard InChI is InChI=1S/C10H12O3S/c1-14(11,12)13-7-9-6-8-4-2-3-5-10(8)9/h2-5,9H,6-7H2,1H3/t9-/m0/s1. The first kappa shape index (κ1) is 9.68. The van der Waals surface area contributed by atoms with Crippen LogP contribution in [0.4, 0.5) is 0 Å². The van der Waals surface area contributed by atoms with Crippen LogP contribution in [0.2, 0.25) is 0 Å². The average Bonchev–Trinajstić information content (AvgIpc) is 2.04. The number of hydrogen-bond acceptors (Lipinski definition) is 3. The van der Waals surface area contributed by atoms with E-state index in [1.54, 1.807) is 0 Å². The third-order valence-corrected chi connectivity index (χ3v) is 3.01. The first-order valence-electron chi connectivity index (χ1n) is 4.48. The topological polar surface area (TPSA) is 43.4 Å². The summed E-state index contributed by atoms with van der Waals surface area (Å²) >= 11 is 0. The zero-order chi connectivity index (χ0) is 10.2. The Bertz CT molecular complexity index is 436.